The minimum atomic E-state index is -0.352. The Hall–Kier alpha value is -3.41. The minimum absolute atomic E-state index is 0.0776. The molecule has 158 valence electrons. The van der Waals surface area contributed by atoms with Crippen LogP contribution >= 0.6 is 0 Å². The summed E-state index contributed by atoms with van der Waals surface area (Å²) in [5.74, 6) is 1.60. The van der Waals surface area contributed by atoms with E-state index in [0.717, 1.165) is 35.2 Å². The fourth-order valence-electron chi connectivity index (χ4n) is 4.36. The van der Waals surface area contributed by atoms with Gasteiger partial charge in [0.15, 0.2) is 11.6 Å². The second-order valence-corrected chi connectivity index (χ2v) is 9.32. The van der Waals surface area contributed by atoms with E-state index in [1.165, 1.54) is 5.56 Å². The van der Waals surface area contributed by atoms with Crippen molar-refractivity contribution >= 4 is 11.7 Å². The highest BCUT2D eigenvalue weighted by Gasteiger charge is 2.36. The van der Waals surface area contributed by atoms with Gasteiger partial charge in [0, 0.05) is 23.3 Å². The molecular formula is C25H26N4O2. The number of hydrogen-bond acceptors (Lipinski definition) is 5. The van der Waals surface area contributed by atoms with E-state index in [1.807, 2.05) is 12.1 Å². The summed E-state index contributed by atoms with van der Waals surface area (Å²) in [6.07, 6.45) is 2.20. The van der Waals surface area contributed by atoms with E-state index in [1.54, 1.807) is 16.8 Å². The van der Waals surface area contributed by atoms with Gasteiger partial charge in [-0.1, -0.05) is 57.2 Å². The molecule has 1 unspecified atom stereocenters. The highest BCUT2D eigenvalue weighted by molar-refractivity contribution is 5.99. The number of fused-ring (bicyclic) bond motifs is 1. The molecule has 1 aliphatic heterocycles. The van der Waals surface area contributed by atoms with Gasteiger partial charge in [0.25, 0.3) is 0 Å². The molecule has 2 N–H and O–H groups in total. The average molecular weight is 415 g/mol. The zero-order chi connectivity index (χ0) is 21.8. The summed E-state index contributed by atoms with van der Waals surface area (Å²) < 4.78 is 1.81. The topological polar surface area (TPSA) is 80.0 Å². The van der Waals surface area contributed by atoms with Crippen LogP contribution in [0, 0.1) is 0 Å². The summed E-state index contributed by atoms with van der Waals surface area (Å²) in [6.45, 7) is 6.57. The van der Waals surface area contributed by atoms with Gasteiger partial charge in [-0.15, -0.1) is 5.10 Å². The zero-order valence-electron chi connectivity index (χ0n) is 18.0. The maximum absolute atomic E-state index is 12.9. The van der Waals surface area contributed by atoms with Crippen LogP contribution in [0.2, 0.25) is 0 Å². The number of nitrogens with one attached hydrogen (secondary N) is 1. The molecule has 3 aromatic rings. The van der Waals surface area contributed by atoms with Crippen molar-refractivity contribution in [2.75, 3.05) is 5.32 Å². The standard InChI is InChI=1S/C25H26N4O2/c1-25(2,3)17-11-7-16(8-12-17)23-27-24-26-19-5-4-6-20(31)21(19)22(29(24)28-23)15-9-13-18(30)14-10-15/h7-14,22,30H,4-6H2,1-3H3,(H,26,27,28). The summed E-state index contributed by atoms with van der Waals surface area (Å²) in [6, 6.07) is 15.0. The number of carbonyl (C=O) groups excluding carboxylic acids is 1. The van der Waals surface area contributed by atoms with Gasteiger partial charge in [-0.2, -0.15) is 4.98 Å². The highest BCUT2D eigenvalue weighted by Crippen LogP contribution is 2.41. The smallest absolute Gasteiger partial charge is 0.226 e. The van der Waals surface area contributed by atoms with Gasteiger partial charge in [0.05, 0.1) is 0 Å². The van der Waals surface area contributed by atoms with Gasteiger partial charge >= 0.3 is 0 Å². The van der Waals surface area contributed by atoms with E-state index in [4.69, 9.17) is 10.1 Å². The van der Waals surface area contributed by atoms with Gasteiger partial charge < -0.3 is 10.4 Å². The van der Waals surface area contributed by atoms with E-state index in [9.17, 15) is 9.90 Å². The number of allylic oxidation sites excluding steroid dienone is 2. The molecule has 0 fully saturated rings. The third kappa shape index (κ3) is 3.42. The van der Waals surface area contributed by atoms with Crippen LogP contribution in [0.25, 0.3) is 11.4 Å². The maximum atomic E-state index is 12.9. The van der Waals surface area contributed by atoms with Gasteiger partial charge in [-0.25, -0.2) is 4.68 Å². The lowest BCUT2D eigenvalue weighted by Gasteiger charge is -2.32. The van der Waals surface area contributed by atoms with E-state index < -0.39 is 0 Å². The number of phenolic OH excluding ortho intramolecular Hbond substituents is 1. The molecule has 2 aromatic carbocycles. The van der Waals surface area contributed by atoms with E-state index >= 15 is 0 Å². The lowest BCUT2D eigenvalue weighted by Crippen LogP contribution is -2.31. The molecule has 0 radical (unpaired) electrons. The molecule has 0 saturated carbocycles. The first kappa shape index (κ1) is 19.5. The first-order valence-electron chi connectivity index (χ1n) is 10.7. The Labute approximate surface area is 181 Å². The van der Waals surface area contributed by atoms with Crippen molar-refractivity contribution < 1.29 is 9.90 Å². The largest absolute Gasteiger partial charge is 0.508 e. The van der Waals surface area contributed by atoms with Crippen LogP contribution in [-0.2, 0) is 10.2 Å². The third-order valence-corrected chi connectivity index (χ3v) is 6.09. The normalized spacial score (nSPS) is 18.4. The summed E-state index contributed by atoms with van der Waals surface area (Å²) in [4.78, 5) is 17.7. The maximum Gasteiger partial charge on any atom is 0.226 e. The van der Waals surface area contributed by atoms with Crippen LogP contribution in [-0.4, -0.2) is 25.7 Å². The molecule has 1 aromatic heterocycles. The van der Waals surface area contributed by atoms with Crippen molar-refractivity contribution in [3.05, 3.63) is 70.9 Å². The van der Waals surface area contributed by atoms with E-state index in [0.29, 0.717) is 18.2 Å². The van der Waals surface area contributed by atoms with Gasteiger partial charge in [-0.3, -0.25) is 4.79 Å². The number of rotatable bonds is 2. The lowest BCUT2D eigenvalue weighted by atomic mass is 9.85. The molecule has 0 saturated heterocycles. The van der Waals surface area contributed by atoms with Crippen molar-refractivity contribution in [2.45, 2.75) is 51.5 Å². The number of nitrogens with zero attached hydrogens (tertiary/aromatic N) is 3. The first-order chi connectivity index (χ1) is 14.8. The number of Topliss-reactive ketones (excluding diaryl/α,β-unsaturated/α-hetero) is 1. The Bertz CT molecular complexity index is 1180. The van der Waals surface area contributed by atoms with Crippen molar-refractivity contribution in [1.82, 2.24) is 14.8 Å². The molecule has 0 amide bonds. The SMILES string of the molecule is CC(C)(C)c1ccc(-c2nc3n(n2)C(c2ccc(O)cc2)C2=C(CCCC2=O)N3)cc1. The Morgan fingerprint density at radius 3 is 2.42 bits per heavy atom. The number of hydrogen-bond donors (Lipinski definition) is 2. The average Bonchev–Trinajstić information content (AvgIpc) is 3.16. The predicted octanol–water partition coefficient (Wildman–Crippen LogP) is 4.97. The van der Waals surface area contributed by atoms with E-state index in [2.05, 4.69) is 50.4 Å². The molecule has 31 heavy (non-hydrogen) atoms. The van der Waals surface area contributed by atoms with Crippen molar-refractivity contribution in [3.63, 3.8) is 0 Å². The second-order valence-electron chi connectivity index (χ2n) is 9.32. The van der Waals surface area contributed by atoms with Crippen LogP contribution in [0.4, 0.5) is 5.95 Å². The predicted molar refractivity (Wildman–Crippen MR) is 120 cm³/mol. The molecule has 2 aliphatic rings. The van der Waals surface area contributed by atoms with Crippen LogP contribution in [0.1, 0.15) is 57.2 Å². The molecule has 6 nitrogen and oxygen atoms in total. The van der Waals surface area contributed by atoms with E-state index in [-0.39, 0.29) is 23.0 Å². The number of ketones is 1. The first-order valence-corrected chi connectivity index (χ1v) is 10.7. The summed E-state index contributed by atoms with van der Waals surface area (Å²) in [7, 11) is 0. The third-order valence-electron chi connectivity index (χ3n) is 6.09. The van der Waals surface area contributed by atoms with Crippen LogP contribution in [0.15, 0.2) is 59.8 Å². The number of carbonyl (C=O) groups is 1. The molecule has 6 heteroatoms. The Kier molecular flexibility index (Phi) is 4.46. The van der Waals surface area contributed by atoms with Gasteiger partial charge in [-0.05, 0) is 41.5 Å². The van der Waals surface area contributed by atoms with Gasteiger partial charge in [0.2, 0.25) is 5.95 Å². The van der Waals surface area contributed by atoms with Crippen LogP contribution in [0.5, 0.6) is 5.75 Å². The number of aromatic hydroxyl groups is 1. The zero-order valence-corrected chi connectivity index (χ0v) is 18.0. The molecule has 0 spiro atoms. The molecule has 1 atom stereocenters. The molecular weight excluding hydrogens is 388 g/mol. The molecule has 1 aliphatic carbocycles. The minimum Gasteiger partial charge on any atom is -0.508 e. The molecule has 0 bridgehead atoms. The van der Waals surface area contributed by atoms with Crippen molar-refractivity contribution in [2.24, 2.45) is 0 Å². The summed E-state index contributed by atoms with van der Waals surface area (Å²) in [5.41, 5.74) is 4.86. The second kappa shape index (κ2) is 7.08. The van der Waals surface area contributed by atoms with Crippen LogP contribution < -0.4 is 5.32 Å². The van der Waals surface area contributed by atoms with Crippen molar-refractivity contribution in [1.29, 1.82) is 0 Å². The fraction of sp³-hybridized carbons (Fsp3) is 0.320. The number of aromatic nitrogens is 3. The van der Waals surface area contributed by atoms with Crippen LogP contribution in [0.3, 0.4) is 0 Å². The van der Waals surface area contributed by atoms with Gasteiger partial charge in [0.1, 0.15) is 11.8 Å². The lowest BCUT2D eigenvalue weighted by molar-refractivity contribution is -0.116. The Morgan fingerprint density at radius 1 is 1.03 bits per heavy atom. The monoisotopic (exact) mass is 414 g/mol. The summed E-state index contributed by atoms with van der Waals surface area (Å²) >= 11 is 0. The fourth-order valence-corrected chi connectivity index (χ4v) is 4.36. The quantitative estimate of drug-likeness (QED) is 0.619. The number of anilines is 1. The summed E-state index contributed by atoms with van der Waals surface area (Å²) in [5, 5.41) is 17.9. The molecule has 5 rings (SSSR count). The number of benzene rings is 2. The molecule has 2 heterocycles. The highest BCUT2D eigenvalue weighted by atomic mass is 16.3. The number of phenols is 1. The Morgan fingerprint density at radius 2 is 1.74 bits per heavy atom. The van der Waals surface area contributed by atoms with Crippen molar-refractivity contribution in [3.8, 4) is 17.1 Å². The Balaban J connectivity index is 1.60.